The molecule has 1 aromatic heterocycles. The van der Waals surface area contributed by atoms with Crippen molar-refractivity contribution in [2.45, 2.75) is 59.2 Å². The number of carbonyl (C=O) groups is 2. The van der Waals surface area contributed by atoms with Crippen molar-refractivity contribution < 1.29 is 14.3 Å². The van der Waals surface area contributed by atoms with Gasteiger partial charge in [0.25, 0.3) is 0 Å². The SMILES string of the molecule is CC(=O)N1CCN(C(=O)OC(C)(C)C)[C@@H](C)[C@@H]1c1cc(Cl)cc(-c2cnc(C)nc2)c1. The van der Waals surface area contributed by atoms with Gasteiger partial charge in [-0.25, -0.2) is 14.8 Å². The first kappa shape index (κ1) is 23.0. The Bertz CT molecular complexity index is 972. The number of amides is 2. The van der Waals surface area contributed by atoms with Crippen LogP contribution >= 0.6 is 11.6 Å². The zero-order valence-electron chi connectivity index (χ0n) is 18.8. The van der Waals surface area contributed by atoms with Crippen LogP contribution in [0.25, 0.3) is 11.1 Å². The summed E-state index contributed by atoms with van der Waals surface area (Å²) in [5, 5.41) is 0.540. The number of nitrogens with zero attached hydrogens (tertiary/aromatic N) is 4. The van der Waals surface area contributed by atoms with Crippen molar-refractivity contribution in [2.24, 2.45) is 0 Å². The molecule has 0 radical (unpaired) electrons. The van der Waals surface area contributed by atoms with Gasteiger partial charge in [0.15, 0.2) is 0 Å². The lowest BCUT2D eigenvalue weighted by atomic mass is 9.92. The molecular weight excluding hydrogens is 416 g/mol. The molecule has 2 aromatic rings. The standard InChI is InChI=1S/C23H29ClN4O3/c1-14-21(28(16(3)29)8-7-27(14)22(30)31-23(4,5)6)18-9-17(10-20(24)11-18)19-12-25-15(2)26-13-19/h9-14,21H,7-8H2,1-6H3/t14-,21+/m0/s1. The molecule has 2 atom stereocenters. The Kier molecular flexibility index (Phi) is 6.55. The first-order valence-corrected chi connectivity index (χ1v) is 10.7. The summed E-state index contributed by atoms with van der Waals surface area (Å²) in [7, 11) is 0. The topological polar surface area (TPSA) is 75.6 Å². The fourth-order valence-electron chi connectivity index (χ4n) is 3.87. The van der Waals surface area contributed by atoms with E-state index in [-0.39, 0.29) is 24.1 Å². The van der Waals surface area contributed by atoms with Crippen molar-refractivity contribution in [3.63, 3.8) is 0 Å². The zero-order chi connectivity index (χ0) is 22.9. The summed E-state index contributed by atoms with van der Waals surface area (Å²) < 4.78 is 5.60. The van der Waals surface area contributed by atoms with Crippen molar-refractivity contribution in [3.8, 4) is 11.1 Å². The summed E-state index contributed by atoms with van der Waals surface area (Å²) in [5.41, 5.74) is 1.93. The van der Waals surface area contributed by atoms with E-state index in [1.807, 2.05) is 52.8 Å². The van der Waals surface area contributed by atoms with E-state index in [9.17, 15) is 9.59 Å². The van der Waals surface area contributed by atoms with E-state index in [1.165, 1.54) is 0 Å². The summed E-state index contributed by atoms with van der Waals surface area (Å²) >= 11 is 6.46. The molecule has 0 aliphatic carbocycles. The smallest absolute Gasteiger partial charge is 0.410 e. The van der Waals surface area contributed by atoms with Crippen LogP contribution in [-0.4, -0.2) is 56.5 Å². The van der Waals surface area contributed by atoms with Crippen molar-refractivity contribution in [1.29, 1.82) is 0 Å². The molecule has 0 N–H and O–H groups in total. The Morgan fingerprint density at radius 1 is 1.06 bits per heavy atom. The van der Waals surface area contributed by atoms with E-state index >= 15 is 0 Å². The van der Waals surface area contributed by atoms with E-state index in [4.69, 9.17) is 16.3 Å². The number of aryl methyl sites for hydroxylation is 1. The van der Waals surface area contributed by atoms with Gasteiger partial charge in [-0.05, 0) is 63.9 Å². The second-order valence-electron chi connectivity index (χ2n) is 8.86. The first-order chi connectivity index (χ1) is 14.5. The van der Waals surface area contributed by atoms with Crippen LogP contribution in [0.3, 0.4) is 0 Å². The normalized spacial score (nSPS) is 19.3. The molecule has 1 aliphatic rings. The molecule has 0 unspecified atom stereocenters. The van der Waals surface area contributed by atoms with Gasteiger partial charge in [0.2, 0.25) is 5.91 Å². The highest BCUT2D eigenvalue weighted by Crippen LogP contribution is 2.36. The van der Waals surface area contributed by atoms with E-state index < -0.39 is 5.60 Å². The Hall–Kier alpha value is -2.67. The molecule has 7 nitrogen and oxygen atoms in total. The van der Waals surface area contributed by atoms with Gasteiger partial charge in [0.05, 0.1) is 12.1 Å². The predicted octanol–water partition coefficient (Wildman–Crippen LogP) is 4.63. The Morgan fingerprint density at radius 2 is 1.68 bits per heavy atom. The highest BCUT2D eigenvalue weighted by molar-refractivity contribution is 6.31. The summed E-state index contributed by atoms with van der Waals surface area (Å²) in [5.74, 6) is 0.628. The second-order valence-corrected chi connectivity index (χ2v) is 9.30. The van der Waals surface area contributed by atoms with Crippen molar-refractivity contribution in [1.82, 2.24) is 19.8 Å². The average Bonchev–Trinajstić information content (AvgIpc) is 2.66. The van der Waals surface area contributed by atoms with Gasteiger partial charge in [-0.2, -0.15) is 0 Å². The summed E-state index contributed by atoms with van der Waals surface area (Å²) in [4.78, 5) is 37.3. The van der Waals surface area contributed by atoms with Crippen LogP contribution < -0.4 is 0 Å². The highest BCUT2D eigenvalue weighted by Gasteiger charge is 2.40. The maximum absolute atomic E-state index is 12.8. The lowest BCUT2D eigenvalue weighted by Gasteiger charge is -2.46. The quantitative estimate of drug-likeness (QED) is 0.674. The fourth-order valence-corrected chi connectivity index (χ4v) is 4.11. The molecule has 1 fully saturated rings. The summed E-state index contributed by atoms with van der Waals surface area (Å²) in [6.45, 7) is 11.6. The lowest BCUT2D eigenvalue weighted by Crippen LogP contribution is -2.57. The van der Waals surface area contributed by atoms with Gasteiger partial charge in [-0.15, -0.1) is 0 Å². The minimum Gasteiger partial charge on any atom is -0.444 e. The van der Waals surface area contributed by atoms with Gasteiger partial charge in [-0.3, -0.25) is 4.79 Å². The minimum atomic E-state index is -0.599. The van der Waals surface area contributed by atoms with Crippen LogP contribution in [-0.2, 0) is 9.53 Å². The van der Waals surface area contributed by atoms with Gasteiger partial charge >= 0.3 is 6.09 Å². The van der Waals surface area contributed by atoms with Crippen molar-refractivity contribution in [3.05, 3.63) is 47.0 Å². The number of piperazine rings is 1. The number of ether oxygens (including phenoxy) is 1. The number of benzene rings is 1. The molecule has 1 aliphatic heterocycles. The van der Waals surface area contributed by atoms with Crippen LogP contribution in [0, 0.1) is 6.92 Å². The third kappa shape index (κ3) is 5.34. The van der Waals surface area contributed by atoms with E-state index in [0.717, 1.165) is 16.7 Å². The number of halogens is 1. The monoisotopic (exact) mass is 444 g/mol. The van der Waals surface area contributed by atoms with E-state index in [1.54, 1.807) is 29.1 Å². The molecule has 2 heterocycles. The molecule has 166 valence electrons. The lowest BCUT2D eigenvalue weighted by molar-refractivity contribution is -0.136. The molecule has 0 bridgehead atoms. The number of aromatic nitrogens is 2. The summed E-state index contributed by atoms with van der Waals surface area (Å²) in [6, 6.07) is 5.01. The van der Waals surface area contributed by atoms with Gasteiger partial charge in [0, 0.05) is 43.0 Å². The van der Waals surface area contributed by atoms with Crippen LogP contribution in [0.5, 0.6) is 0 Å². The van der Waals surface area contributed by atoms with Crippen LogP contribution in [0.2, 0.25) is 5.02 Å². The number of rotatable bonds is 2. The molecule has 2 amide bonds. The summed E-state index contributed by atoms with van der Waals surface area (Å²) in [6.07, 6.45) is 3.11. The van der Waals surface area contributed by atoms with Crippen LogP contribution in [0.15, 0.2) is 30.6 Å². The van der Waals surface area contributed by atoms with Gasteiger partial charge in [0.1, 0.15) is 11.4 Å². The molecule has 8 heteroatoms. The molecule has 0 spiro atoms. The third-order valence-electron chi connectivity index (χ3n) is 5.27. The molecule has 1 aromatic carbocycles. The maximum atomic E-state index is 12.8. The highest BCUT2D eigenvalue weighted by atomic mass is 35.5. The minimum absolute atomic E-state index is 0.0547. The number of hydrogen-bond acceptors (Lipinski definition) is 5. The zero-order valence-corrected chi connectivity index (χ0v) is 19.6. The van der Waals surface area contributed by atoms with Crippen LogP contribution in [0.4, 0.5) is 4.79 Å². The van der Waals surface area contributed by atoms with E-state index in [0.29, 0.717) is 23.9 Å². The predicted molar refractivity (Wildman–Crippen MR) is 120 cm³/mol. The first-order valence-electron chi connectivity index (χ1n) is 10.3. The van der Waals surface area contributed by atoms with E-state index in [2.05, 4.69) is 9.97 Å². The van der Waals surface area contributed by atoms with Crippen LogP contribution in [0.1, 0.15) is 52.0 Å². The Labute approximate surface area is 188 Å². The number of carbonyl (C=O) groups excluding carboxylic acids is 2. The molecule has 0 saturated carbocycles. The molecule has 1 saturated heterocycles. The maximum Gasteiger partial charge on any atom is 0.410 e. The third-order valence-corrected chi connectivity index (χ3v) is 5.49. The Morgan fingerprint density at radius 3 is 2.26 bits per heavy atom. The van der Waals surface area contributed by atoms with Crippen molar-refractivity contribution >= 4 is 23.6 Å². The second kappa shape index (κ2) is 8.83. The molecule has 31 heavy (non-hydrogen) atoms. The van der Waals surface area contributed by atoms with Gasteiger partial charge < -0.3 is 14.5 Å². The Balaban J connectivity index is 2.01. The molecular formula is C23H29ClN4O3. The van der Waals surface area contributed by atoms with Gasteiger partial charge in [-0.1, -0.05) is 11.6 Å². The fraction of sp³-hybridized carbons (Fsp3) is 0.478. The largest absolute Gasteiger partial charge is 0.444 e. The number of hydrogen-bond donors (Lipinski definition) is 0. The average molecular weight is 445 g/mol. The molecule has 3 rings (SSSR count). The van der Waals surface area contributed by atoms with Crippen molar-refractivity contribution in [2.75, 3.05) is 13.1 Å².